The second-order valence-electron chi connectivity index (χ2n) is 3.69. The molecule has 0 spiro atoms. The molecule has 0 aliphatic carbocycles. The van der Waals surface area contributed by atoms with Crippen LogP contribution in [0.2, 0.25) is 0 Å². The highest BCUT2D eigenvalue weighted by atomic mass is 19.4. The van der Waals surface area contributed by atoms with E-state index in [1.165, 1.54) is 24.5 Å². The van der Waals surface area contributed by atoms with Crippen LogP contribution >= 0.6 is 0 Å². The topological polar surface area (TPSA) is 33.1 Å². The van der Waals surface area contributed by atoms with Crippen molar-refractivity contribution < 1.29 is 31.4 Å². The number of alkyl halides is 6. The molecule has 2 nitrogen and oxygen atoms in total. The van der Waals surface area contributed by atoms with Gasteiger partial charge in [-0.2, -0.15) is 26.3 Å². The fourth-order valence-corrected chi connectivity index (χ4v) is 1.50. The highest BCUT2D eigenvalue weighted by molar-refractivity contribution is 5.11. The maximum atomic E-state index is 12.3. The van der Waals surface area contributed by atoms with E-state index in [9.17, 15) is 31.4 Å². The fourth-order valence-electron chi connectivity index (χ4n) is 1.50. The van der Waals surface area contributed by atoms with Crippen LogP contribution in [-0.4, -0.2) is 28.5 Å². The number of pyridine rings is 1. The molecule has 0 saturated heterocycles. The summed E-state index contributed by atoms with van der Waals surface area (Å²) >= 11 is 0. The Labute approximate surface area is 98.3 Å². The number of aliphatic hydroxyl groups is 1. The molecule has 0 fully saturated rings. The van der Waals surface area contributed by atoms with Gasteiger partial charge in [0.15, 0.2) is 5.92 Å². The van der Waals surface area contributed by atoms with E-state index in [0.29, 0.717) is 0 Å². The average molecular weight is 273 g/mol. The molecule has 1 aromatic heterocycles. The predicted octanol–water partition coefficient (Wildman–Crippen LogP) is 2.73. The number of hydrogen-bond donors (Lipinski definition) is 1. The van der Waals surface area contributed by atoms with Crippen molar-refractivity contribution in [1.29, 1.82) is 0 Å². The van der Waals surface area contributed by atoms with Crippen LogP contribution in [0, 0.1) is 5.92 Å². The van der Waals surface area contributed by atoms with E-state index in [2.05, 4.69) is 4.98 Å². The Morgan fingerprint density at radius 2 is 1.44 bits per heavy atom. The second kappa shape index (κ2) is 5.13. The summed E-state index contributed by atoms with van der Waals surface area (Å²) in [6.45, 7) is 0. The Morgan fingerprint density at radius 1 is 1.00 bits per heavy atom. The summed E-state index contributed by atoms with van der Waals surface area (Å²) in [5.41, 5.74) is 0.149. The third kappa shape index (κ3) is 3.86. The molecular formula is C10H9F6NO. The van der Waals surface area contributed by atoms with Crippen LogP contribution in [0.5, 0.6) is 0 Å². The lowest BCUT2D eigenvalue weighted by molar-refractivity contribution is -0.305. The van der Waals surface area contributed by atoms with Gasteiger partial charge in [0.1, 0.15) is 0 Å². The molecule has 102 valence electrons. The standard InChI is InChI=1S/C10H9F6NO/c11-9(12,13)8(10(14,15)16)7(18)5-6-1-3-17-4-2-6/h1-4,7-8,18H,5H2. The molecule has 8 heteroatoms. The van der Waals surface area contributed by atoms with Crippen molar-refractivity contribution >= 4 is 0 Å². The van der Waals surface area contributed by atoms with Gasteiger partial charge < -0.3 is 5.11 Å². The lowest BCUT2D eigenvalue weighted by atomic mass is 9.95. The number of aromatic nitrogens is 1. The third-order valence-electron chi connectivity index (χ3n) is 2.28. The van der Waals surface area contributed by atoms with E-state index in [4.69, 9.17) is 0 Å². The zero-order chi connectivity index (χ0) is 14.0. The maximum Gasteiger partial charge on any atom is 0.403 e. The van der Waals surface area contributed by atoms with Gasteiger partial charge in [-0.3, -0.25) is 4.98 Å². The Bertz CT molecular complexity index is 360. The third-order valence-corrected chi connectivity index (χ3v) is 2.28. The summed E-state index contributed by atoms with van der Waals surface area (Å²) in [5.74, 6) is -3.75. The molecule has 0 aliphatic heterocycles. The van der Waals surface area contributed by atoms with E-state index >= 15 is 0 Å². The van der Waals surface area contributed by atoms with Crippen LogP contribution < -0.4 is 0 Å². The van der Waals surface area contributed by atoms with Gasteiger partial charge in [0.05, 0.1) is 6.10 Å². The Morgan fingerprint density at radius 3 is 1.83 bits per heavy atom. The smallest absolute Gasteiger partial charge is 0.392 e. The van der Waals surface area contributed by atoms with Gasteiger partial charge in [-0.15, -0.1) is 0 Å². The van der Waals surface area contributed by atoms with Gasteiger partial charge in [-0.25, -0.2) is 0 Å². The highest BCUT2D eigenvalue weighted by Gasteiger charge is 2.59. The van der Waals surface area contributed by atoms with Crippen LogP contribution in [0.1, 0.15) is 5.56 Å². The first-order valence-corrected chi connectivity index (χ1v) is 4.82. The Kier molecular flexibility index (Phi) is 4.20. The van der Waals surface area contributed by atoms with Gasteiger partial charge in [-0.05, 0) is 24.1 Å². The number of halogens is 6. The van der Waals surface area contributed by atoms with E-state index in [1.54, 1.807) is 0 Å². The van der Waals surface area contributed by atoms with E-state index in [1.807, 2.05) is 0 Å². The van der Waals surface area contributed by atoms with Crippen molar-refractivity contribution in [2.24, 2.45) is 5.92 Å². The number of aliphatic hydroxyl groups excluding tert-OH is 1. The van der Waals surface area contributed by atoms with Gasteiger partial charge >= 0.3 is 12.4 Å². The Balaban J connectivity index is 2.88. The molecule has 1 unspecified atom stereocenters. The summed E-state index contributed by atoms with van der Waals surface area (Å²) in [6.07, 6.45) is -12.0. The van der Waals surface area contributed by atoms with Crippen molar-refractivity contribution in [3.05, 3.63) is 30.1 Å². The van der Waals surface area contributed by atoms with Crippen molar-refractivity contribution in [1.82, 2.24) is 4.98 Å². The lowest BCUT2D eigenvalue weighted by Crippen LogP contribution is -2.45. The van der Waals surface area contributed by atoms with Crippen molar-refractivity contribution in [3.8, 4) is 0 Å². The molecule has 0 aromatic carbocycles. The van der Waals surface area contributed by atoms with Crippen LogP contribution in [-0.2, 0) is 6.42 Å². The van der Waals surface area contributed by atoms with Gasteiger partial charge in [0, 0.05) is 12.4 Å². The van der Waals surface area contributed by atoms with Gasteiger partial charge in [0.25, 0.3) is 0 Å². The summed E-state index contributed by atoms with van der Waals surface area (Å²) < 4.78 is 73.7. The van der Waals surface area contributed by atoms with E-state index in [-0.39, 0.29) is 5.56 Å². The number of hydrogen-bond acceptors (Lipinski definition) is 2. The molecule has 0 saturated carbocycles. The zero-order valence-electron chi connectivity index (χ0n) is 8.83. The minimum absolute atomic E-state index is 0.149. The molecule has 1 heterocycles. The van der Waals surface area contributed by atoms with Gasteiger partial charge in [-0.1, -0.05) is 0 Å². The number of nitrogens with zero attached hydrogens (tertiary/aromatic N) is 1. The maximum absolute atomic E-state index is 12.3. The van der Waals surface area contributed by atoms with E-state index < -0.39 is 30.8 Å². The minimum atomic E-state index is -5.54. The molecule has 1 N–H and O–H groups in total. The molecule has 1 rings (SSSR count). The van der Waals surface area contributed by atoms with Crippen molar-refractivity contribution in [3.63, 3.8) is 0 Å². The second-order valence-corrected chi connectivity index (χ2v) is 3.69. The number of rotatable bonds is 3. The van der Waals surface area contributed by atoms with E-state index in [0.717, 1.165) is 0 Å². The molecule has 0 radical (unpaired) electrons. The Hall–Kier alpha value is -1.31. The quantitative estimate of drug-likeness (QED) is 0.859. The van der Waals surface area contributed by atoms with Crippen molar-refractivity contribution in [2.45, 2.75) is 24.9 Å². The fraction of sp³-hybridized carbons (Fsp3) is 0.500. The summed E-state index contributed by atoms with van der Waals surface area (Å²) in [5, 5.41) is 9.17. The molecule has 0 bridgehead atoms. The molecular weight excluding hydrogens is 264 g/mol. The van der Waals surface area contributed by atoms with Crippen LogP contribution in [0.25, 0.3) is 0 Å². The van der Waals surface area contributed by atoms with Crippen LogP contribution in [0.4, 0.5) is 26.3 Å². The zero-order valence-corrected chi connectivity index (χ0v) is 8.83. The average Bonchev–Trinajstić information content (AvgIpc) is 2.13. The summed E-state index contributed by atoms with van der Waals surface area (Å²) in [6, 6.07) is 2.49. The SMILES string of the molecule is OC(Cc1ccncc1)C(C(F)(F)F)C(F)(F)F. The summed E-state index contributed by atoms with van der Waals surface area (Å²) in [4.78, 5) is 3.57. The predicted molar refractivity (Wildman–Crippen MR) is 49.5 cm³/mol. The van der Waals surface area contributed by atoms with Crippen LogP contribution in [0.3, 0.4) is 0 Å². The first-order valence-electron chi connectivity index (χ1n) is 4.82. The lowest BCUT2D eigenvalue weighted by Gasteiger charge is -2.27. The highest BCUT2D eigenvalue weighted by Crippen LogP contribution is 2.42. The van der Waals surface area contributed by atoms with Crippen LogP contribution in [0.15, 0.2) is 24.5 Å². The summed E-state index contributed by atoms with van der Waals surface area (Å²) in [7, 11) is 0. The molecule has 1 aromatic rings. The van der Waals surface area contributed by atoms with Gasteiger partial charge in [0.2, 0.25) is 0 Å². The largest absolute Gasteiger partial charge is 0.403 e. The minimum Gasteiger partial charge on any atom is -0.392 e. The molecule has 0 amide bonds. The molecule has 0 aliphatic rings. The molecule has 1 atom stereocenters. The first kappa shape index (κ1) is 14.7. The molecule has 18 heavy (non-hydrogen) atoms. The monoisotopic (exact) mass is 273 g/mol. The first-order chi connectivity index (χ1) is 8.12. The van der Waals surface area contributed by atoms with Crippen molar-refractivity contribution in [2.75, 3.05) is 0 Å². The normalized spacial score (nSPS) is 14.9.